The molecule has 1 heterocycles. The zero-order chi connectivity index (χ0) is 9.19. The molecule has 0 aliphatic carbocycles. The van der Waals surface area contributed by atoms with Crippen molar-refractivity contribution in [3.8, 4) is 0 Å². The lowest BCUT2D eigenvalue weighted by Crippen LogP contribution is -2.40. The highest BCUT2D eigenvalue weighted by Crippen LogP contribution is 2.23. The summed E-state index contributed by atoms with van der Waals surface area (Å²) in [5.41, 5.74) is 0. The summed E-state index contributed by atoms with van der Waals surface area (Å²) in [5.74, 6) is -3.79. The molecule has 0 radical (unpaired) electrons. The van der Waals surface area contributed by atoms with E-state index >= 15 is 0 Å². The van der Waals surface area contributed by atoms with Crippen molar-refractivity contribution < 1.29 is 18.7 Å². The molecule has 1 atom stereocenters. The third-order valence-electron chi connectivity index (χ3n) is 1.94. The van der Waals surface area contributed by atoms with Crippen molar-refractivity contribution in [3.05, 3.63) is 0 Å². The van der Waals surface area contributed by atoms with Crippen molar-refractivity contribution in [2.24, 2.45) is 0 Å². The van der Waals surface area contributed by atoms with Gasteiger partial charge in [-0.15, -0.1) is 0 Å². The van der Waals surface area contributed by atoms with Crippen LogP contribution in [-0.2, 0) is 4.79 Å². The predicted molar refractivity (Wildman–Crippen MR) is 38.2 cm³/mol. The molecule has 2 N–H and O–H groups in total. The summed E-state index contributed by atoms with van der Waals surface area (Å²) in [6, 6.07) is -0.807. The van der Waals surface area contributed by atoms with Gasteiger partial charge in [0.1, 0.15) is 6.04 Å². The van der Waals surface area contributed by atoms with Crippen molar-refractivity contribution in [3.63, 3.8) is 0 Å². The molecular weight excluding hydrogens is 168 g/mol. The van der Waals surface area contributed by atoms with E-state index in [1.165, 1.54) is 0 Å². The fourth-order valence-electron chi connectivity index (χ4n) is 1.24. The summed E-state index contributed by atoms with van der Waals surface area (Å²) in [4.78, 5) is 10.4. The Bertz CT molecular complexity index is 184. The van der Waals surface area contributed by atoms with Crippen LogP contribution in [0, 0.1) is 0 Å². The first-order valence-electron chi connectivity index (χ1n) is 3.85. The third kappa shape index (κ3) is 2.41. The molecule has 0 aromatic rings. The van der Waals surface area contributed by atoms with Crippen molar-refractivity contribution >= 4 is 5.97 Å². The fourth-order valence-corrected chi connectivity index (χ4v) is 1.24. The zero-order valence-electron chi connectivity index (χ0n) is 6.52. The van der Waals surface area contributed by atoms with Crippen molar-refractivity contribution in [1.29, 1.82) is 0 Å². The highest BCUT2D eigenvalue weighted by Gasteiger charge is 2.33. The van der Waals surface area contributed by atoms with E-state index in [9.17, 15) is 13.6 Å². The van der Waals surface area contributed by atoms with Gasteiger partial charge in [-0.3, -0.25) is 10.1 Å². The van der Waals surface area contributed by atoms with Crippen LogP contribution in [0.2, 0.25) is 0 Å². The first-order valence-corrected chi connectivity index (χ1v) is 3.85. The third-order valence-corrected chi connectivity index (χ3v) is 1.94. The number of hydrogen-bond acceptors (Lipinski definition) is 2. The molecule has 0 amide bonds. The van der Waals surface area contributed by atoms with E-state index in [1.807, 2.05) is 0 Å². The van der Waals surface area contributed by atoms with Crippen LogP contribution in [0.4, 0.5) is 8.78 Å². The summed E-state index contributed by atoms with van der Waals surface area (Å²) in [5, 5.41) is 10.8. The van der Waals surface area contributed by atoms with E-state index in [4.69, 9.17) is 5.11 Å². The van der Waals surface area contributed by atoms with Crippen LogP contribution in [-0.4, -0.2) is 29.6 Å². The highest BCUT2D eigenvalue weighted by atomic mass is 19.3. The molecule has 3 nitrogen and oxygen atoms in total. The maximum Gasteiger partial charge on any atom is 0.320 e. The van der Waals surface area contributed by atoms with Gasteiger partial charge in [-0.1, -0.05) is 0 Å². The molecule has 0 aromatic heterocycles. The molecule has 12 heavy (non-hydrogen) atoms. The Morgan fingerprint density at radius 3 is 2.83 bits per heavy atom. The van der Waals surface area contributed by atoms with Gasteiger partial charge in [0.15, 0.2) is 0 Å². The second kappa shape index (κ2) is 3.35. The van der Waals surface area contributed by atoms with Crippen LogP contribution in [0.1, 0.15) is 19.3 Å². The van der Waals surface area contributed by atoms with E-state index < -0.39 is 24.5 Å². The Hall–Kier alpha value is -0.710. The van der Waals surface area contributed by atoms with Gasteiger partial charge in [-0.2, -0.15) is 0 Å². The standard InChI is InChI=1S/C7H11F2NO2/c8-7(9)3-1-2-5(6(11)12)10-4-7/h5,10H,1-4H2,(H,11,12). The molecule has 1 fully saturated rings. The highest BCUT2D eigenvalue weighted by molar-refractivity contribution is 5.73. The normalized spacial score (nSPS) is 29.3. The fraction of sp³-hybridized carbons (Fsp3) is 0.857. The van der Waals surface area contributed by atoms with Crippen LogP contribution in [0.25, 0.3) is 0 Å². The van der Waals surface area contributed by atoms with Gasteiger partial charge in [-0.25, -0.2) is 8.78 Å². The van der Waals surface area contributed by atoms with E-state index in [2.05, 4.69) is 5.32 Å². The smallest absolute Gasteiger partial charge is 0.320 e. The number of rotatable bonds is 1. The number of alkyl halides is 2. The summed E-state index contributed by atoms with van der Waals surface area (Å²) in [6.07, 6.45) is 0.325. The largest absolute Gasteiger partial charge is 0.480 e. The molecule has 1 rings (SSSR count). The Kier molecular flexibility index (Phi) is 2.62. The average Bonchev–Trinajstić information content (AvgIpc) is 2.10. The summed E-state index contributed by atoms with van der Waals surface area (Å²) >= 11 is 0. The van der Waals surface area contributed by atoms with Gasteiger partial charge in [0.05, 0.1) is 6.54 Å². The number of nitrogens with one attached hydrogen (secondary N) is 1. The Morgan fingerprint density at radius 2 is 2.25 bits per heavy atom. The van der Waals surface area contributed by atoms with Crippen molar-refractivity contribution in [2.45, 2.75) is 31.2 Å². The number of carboxylic acid groups (broad SMARTS) is 1. The number of carboxylic acids is 1. The Morgan fingerprint density at radius 1 is 1.58 bits per heavy atom. The van der Waals surface area contributed by atoms with E-state index in [0.717, 1.165) is 0 Å². The van der Waals surface area contributed by atoms with E-state index in [1.54, 1.807) is 0 Å². The number of halogens is 2. The minimum Gasteiger partial charge on any atom is -0.480 e. The number of hydrogen-bond donors (Lipinski definition) is 2. The minimum atomic E-state index is -2.75. The van der Waals surface area contributed by atoms with Gasteiger partial charge in [0, 0.05) is 6.42 Å². The maximum atomic E-state index is 12.6. The topological polar surface area (TPSA) is 49.3 Å². The second-order valence-corrected chi connectivity index (χ2v) is 3.02. The predicted octanol–water partition coefficient (Wildman–Crippen LogP) is 0.848. The maximum absolute atomic E-state index is 12.6. The van der Waals surface area contributed by atoms with Crippen molar-refractivity contribution in [1.82, 2.24) is 5.32 Å². The van der Waals surface area contributed by atoms with E-state index in [-0.39, 0.29) is 19.3 Å². The molecule has 70 valence electrons. The molecular formula is C7H11F2NO2. The monoisotopic (exact) mass is 179 g/mol. The van der Waals surface area contributed by atoms with Crippen LogP contribution in [0.15, 0.2) is 0 Å². The number of aliphatic carboxylic acids is 1. The van der Waals surface area contributed by atoms with Gasteiger partial charge >= 0.3 is 5.97 Å². The molecule has 1 aliphatic heterocycles. The van der Waals surface area contributed by atoms with Crippen LogP contribution >= 0.6 is 0 Å². The molecule has 0 aromatic carbocycles. The quantitative estimate of drug-likeness (QED) is 0.627. The van der Waals surface area contributed by atoms with Gasteiger partial charge in [0.2, 0.25) is 0 Å². The first kappa shape index (κ1) is 9.38. The summed E-state index contributed by atoms with van der Waals surface area (Å²) in [7, 11) is 0. The lowest BCUT2D eigenvalue weighted by atomic mass is 10.1. The van der Waals surface area contributed by atoms with Gasteiger partial charge in [0.25, 0.3) is 5.92 Å². The van der Waals surface area contributed by atoms with Crippen LogP contribution in [0.3, 0.4) is 0 Å². The molecule has 0 saturated carbocycles. The Labute approximate surface area is 68.8 Å². The molecule has 1 saturated heterocycles. The molecule has 5 heteroatoms. The summed E-state index contributed by atoms with van der Waals surface area (Å²) in [6.45, 7) is -0.524. The zero-order valence-corrected chi connectivity index (χ0v) is 6.52. The van der Waals surface area contributed by atoms with Gasteiger partial charge in [-0.05, 0) is 12.8 Å². The van der Waals surface area contributed by atoms with Crippen LogP contribution in [0.5, 0.6) is 0 Å². The summed E-state index contributed by atoms with van der Waals surface area (Å²) < 4.78 is 25.3. The molecule has 1 aliphatic rings. The SMILES string of the molecule is O=C(O)C1CCCC(F)(F)CN1. The Balaban J connectivity index is 2.50. The first-order chi connectivity index (χ1) is 5.51. The van der Waals surface area contributed by atoms with E-state index in [0.29, 0.717) is 0 Å². The number of carbonyl (C=O) groups is 1. The average molecular weight is 179 g/mol. The minimum absolute atomic E-state index is 0.218. The molecule has 0 spiro atoms. The lowest BCUT2D eigenvalue weighted by Gasteiger charge is -2.13. The molecule has 1 unspecified atom stereocenters. The van der Waals surface area contributed by atoms with Gasteiger partial charge < -0.3 is 5.11 Å². The second-order valence-electron chi connectivity index (χ2n) is 3.02. The van der Waals surface area contributed by atoms with Crippen LogP contribution < -0.4 is 5.32 Å². The molecule has 0 bridgehead atoms. The lowest BCUT2D eigenvalue weighted by molar-refractivity contribution is -0.139. The van der Waals surface area contributed by atoms with Crippen molar-refractivity contribution in [2.75, 3.05) is 6.54 Å².